The Morgan fingerprint density at radius 2 is 2.16 bits per heavy atom. The summed E-state index contributed by atoms with van der Waals surface area (Å²) < 4.78 is 5.03. The molecule has 5 nitrogen and oxygen atoms in total. The summed E-state index contributed by atoms with van der Waals surface area (Å²) in [6.45, 7) is 3.94. The number of nitrogen functional groups attached to an aromatic ring is 1. The van der Waals surface area contributed by atoms with E-state index in [1.54, 1.807) is 19.1 Å². The first-order valence-electron chi connectivity index (χ1n) is 6.49. The van der Waals surface area contributed by atoms with Gasteiger partial charge < -0.3 is 20.7 Å². The number of hydrogen-bond acceptors (Lipinski definition) is 5. The number of ether oxygens (including phenoxy) is 1. The Morgan fingerprint density at radius 3 is 2.79 bits per heavy atom. The summed E-state index contributed by atoms with van der Waals surface area (Å²) in [7, 11) is 4.07. The first-order valence-corrected chi connectivity index (χ1v) is 6.49. The third-order valence-corrected chi connectivity index (χ3v) is 2.64. The van der Waals surface area contributed by atoms with Crippen LogP contribution in [0.25, 0.3) is 0 Å². The van der Waals surface area contributed by atoms with Crippen LogP contribution in [0.15, 0.2) is 18.2 Å². The highest BCUT2D eigenvalue weighted by molar-refractivity contribution is 5.96. The fraction of sp³-hybridized carbons (Fsp3) is 0.500. The largest absolute Gasteiger partial charge is 0.462 e. The maximum atomic E-state index is 11.8. The van der Waals surface area contributed by atoms with Crippen molar-refractivity contribution < 1.29 is 9.53 Å². The number of esters is 1. The van der Waals surface area contributed by atoms with Crippen LogP contribution >= 0.6 is 0 Å². The van der Waals surface area contributed by atoms with Gasteiger partial charge in [-0.15, -0.1) is 0 Å². The lowest BCUT2D eigenvalue weighted by atomic mass is 10.1. The van der Waals surface area contributed by atoms with Crippen LogP contribution in [-0.2, 0) is 4.74 Å². The Bertz CT molecular complexity index is 419. The molecule has 0 fully saturated rings. The molecule has 0 radical (unpaired) electrons. The molecule has 1 aromatic carbocycles. The minimum absolute atomic E-state index is 0.343. The maximum Gasteiger partial charge on any atom is 0.340 e. The minimum atomic E-state index is -0.343. The van der Waals surface area contributed by atoms with Gasteiger partial charge in [0.25, 0.3) is 0 Å². The lowest BCUT2D eigenvalue weighted by Crippen LogP contribution is -2.17. The van der Waals surface area contributed by atoms with Crippen LogP contribution in [0.3, 0.4) is 0 Å². The normalized spacial score (nSPS) is 10.5. The van der Waals surface area contributed by atoms with E-state index in [1.165, 1.54) is 0 Å². The van der Waals surface area contributed by atoms with Crippen molar-refractivity contribution in [3.8, 4) is 0 Å². The molecule has 0 atom stereocenters. The summed E-state index contributed by atoms with van der Waals surface area (Å²) in [5, 5.41) is 3.25. The molecular weight excluding hydrogens is 242 g/mol. The highest BCUT2D eigenvalue weighted by Gasteiger charge is 2.12. The molecule has 0 spiro atoms. The molecule has 1 aromatic rings. The van der Waals surface area contributed by atoms with Crippen LogP contribution in [-0.4, -0.2) is 44.7 Å². The molecule has 0 aromatic heterocycles. The van der Waals surface area contributed by atoms with Crippen molar-refractivity contribution in [2.75, 3.05) is 44.8 Å². The Kier molecular flexibility index (Phi) is 6.15. The van der Waals surface area contributed by atoms with Crippen LogP contribution in [0.4, 0.5) is 11.4 Å². The first kappa shape index (κ1) is 15.3. The van der Waals surface area contributed by atoms with Crippen LogP contribution in [0, 0.1) is 0 Å². The molecule has 106 valence electrons. The van der Waals surface area contributed by atoms with Gasteiger partial charge in [-0.05, 0) is 52.2 Å². The van der Waals surface area contributed by atoms with Gasteiger partial charge >= 0.3 is 5.97 Å². The van der Waals surface area contributed by atoms with E-state index in [0.717, 1.165) is 25.2 Å². The number of nitrogens with zero attached hydrogens (tertiary/aromatic N) is 1. The van der Waals surface area contributed by atoms with Crippen molar-refractivity contribution in [3.05, 3.63) is 23.8 Å². The van der Waals surface area contributed by atoms with Gasteiger partial charge in [0.2, 0.25) is 0 Å². The first-order chi connectivity index (χ1) is 9.04. The summed E-state index contributed by atoms with van der Waals surface area (Å²) in [5.41, 5.74) is 7.53. The van der Waals surface area contributed by atoms with Gasteiger partial charge in [-0.2, -0.15) is 0 Å². The number of nitrogens with one attached hydrogen (secondary N) is 1. The fourth-order valence-electron chi connectivity index (χ4n) is 1.71. The minimum Gasteiger partial charge on any atom is -0.462 e. The Labute approximate surface area is 114 Å². The molecule has 19 heavy (non-hydrogen) atoms. The molecule has 0 amide bonds. The number of carbonyl (C=O) groups excluding carboxylic acids is 1. The third kappa shape index (κ3) is 5.18. The molecule has 0 saturated heterocycles. The highest BCUT2D eigenvalue weighted by atomic mass is 16.5. The Hall–Kier alpha value is -1.75. The summed E-state index contributed by atoms with van der Waals surface area (Å²) in [6.07, 6.45) is 1.000. The van der Waals surface area contributed by atoms with Crippen molar-refractivity contribution in [3.63, 3.8) is 0 Å². The molecule has 1 rings (SSSR count). The van der Waals surface area contributed by atoms with E-state index >= 15 is 0 Å². The summed E-state index contributed by atoms with van der Waals surface area (Å²) in [5.74, 6) is -0.343. The average Bonchev–Trinajstić information content (AvgIpc) is 2.36. The molecule has 0 aliphatic rings. The van der Waals surface area contributed by atoms with Crippen molar-refractivity contribution in [2.45, 2.75) is 13.3 Å². The topological polar surface area (TPSA) is 67.6 Å². The van der Waals surface area contributed by atoms with Crippen molar-refractivity contribution in [1.82, 2.24) is 4.90 Å². The Morgan fingerprint density at radius 1 is 1.42 bits per heavy atom. The van der Waals surface area contributed by atoms with E-state index in [4.69, 9.17) is 10.5 Å². The number of hydrogen-bond donors (Lipinski definition) is 2. The van der Waals surface area contributed by atoms with E-state index in [0.29, 0.717) is 17.9 Å². The monoisotopic (exact) mass is 265 g/mol. The molecule has 5 heteroatoms. The summed E-state index contributed by atoms with van der Waals surface area (Å²) >= 11 is 0. The van der Waals surface area contributed by atoms with Gasteiger partial charge in [0.05, 0.1) is 12.2 Å². The second kappa shape index (κ2) is 7.63. The third-order valence-electron chi connectivity index (χ3n) is 2.64. The number of nitrogens with two attached hydrogens (primary N) is 1. The maximum absolute atomic E-state index is 11.8. The molecule has 0 unspecified atom stereocenters. The van der Waals surface area contributed by atoms with E-state index in [2.05, 4.69) is 10.2 Å². The molecule has 0 heterocycles. The standard InChI is InChI=1S/C14H23N3O2/c1-4-19-14(18)12-10-11(15)6-7-13(12)16-8-5-9-17(2)3/h6-7,10,16H,4-5,8-9,15H2,1-3H3. The number of benzene rings is 1. The Balaban J connectivity index is 2.68. The molecule has 0 aliphatic carbocycles. The number of anilines is 2. The number of rotatable bonds is 7. The molecular formula is C14H23N3O2. The van der Waals surface area contributed by atoms with Gasteiger partial charge in [-0.1, -0.05) is 0 Å². The van der Waals surface area contributed by atoms with E-state index in [1.807, 2.05) is 20.2 Å². The van der Waals surface area contributed by atoms with E-state index < -0.39 is 0 Å². The zero-order valence-electron chi connectivity index (χ0n) is 11.9. The lowest BCUT2D eigenvalue weighted by molar-refractivity contribution is 0.0527. The zero-order chi connectivity index (χ0) is 14.3. The van der Waals surface area contributed by atoms with Crippen molar-refractivity contribution in [1.29, 1.82) is 0 Å². The number of carbonyl (C=O) groups is 1. The quantitative estimate of drug-likeness (QED) is 0.447. The van der Waals surface area contributed by atoms with Gasteiger partial charge in [0, 0.05) is 17.9 Å². The van der Waals surface area contributed by atoms with Crippen molar-refractivity contribution in [2.24, 2.45) is 0 Å². The van der Waals surface area contributed by atoms with Crippen LogP contribution < -0.4 is 11.1 Å². The van der Waals surface area contributed by atoms with Gasteiger partial charge in [0.1, 0.15) is 0 Å². The molecule has 3 N–H and O–H groups in total. The van der Waals surface area contributed by atoms with Crippen LogP contribution in [0.2, 0.25) is 0 Å². The van der Waals surface area contributed by atoms with Crippen LogP contribution in [0.1, 0.15) is 23.7 Å². The van der Waals surface area contributed by atoms with E-state index in [-0.39, 0.29) is 5.97 Å². The smallest absolute Gasteiger partial charge is 0.340 e. The van der Waals surface area contributed by atoms with Crippen LogP contribution in [0.5, 0.6) is 0 Å². The molecule has 0 bridgehead atoms. The highest BCUT2D eigenvalue weighted by Crippen LogP contribution is 2.20. The molecule has 0 saturated carbocycles. The summed E-state index contributed by atoms with van der Waals surface area (Å²) in [6, 6.07) is 5.24. The molecule has 0 aliphatic heterocycles. The second-order valence-electron chi connectivity index (χ2n) is 4.61. The van der Waals surface area contributed by atoms with Gasteiger partial charge in [-0.3, -0.25) is 0 Å². The predicted molar refractivity (Wildman–Crippen MR) is 78.5 cm³/mol. The fourth-order valence-corrected chi connectivity index (χ4v) is 1.71. The van der Waals surface area contributed by atoms with Crippen molar-refractivity contribution >= 4 is 17.3 Å². The predicted octanol–water partition coefficient (Wildman–Crippen LogP) is 1.81. The van der Waals surface area contributed by atoms with E-state index in [9.17, 15) is 4.79 Å². The average molecular weight is 265 g/mol. The second-order valence-corrected chi connectivity index (χ2v) is 4.61. The zero-order valence-corrected chi connectivity index (χ0v) is 11.9. The SMILES string of the molecule is CCOC(=O)c1cc(N)ccc1NCCCN(C)C. The summed E-state index contributed by atoms with van der Waals surface area (Å²) in [4.78, 5) is 14.0. The van der Waals surface area contributed by atoms with Gasteiger partial charge in [-0.25, -0.2) is 4.79 Å². The van der Waals surface area contributed by atoms with Gasteiger partial charge in [0.15, 0.2) is 0 Å². The lowest BCUT2D eigenvalue weighted by Gasteiger charge is -2.13.